The summed E-state index contributed by atoms with van der Waals surface area (Å²) in [5.74, 6) is 0.422. The molecule has 2 heterocycles. The van der Waals surface area contributed by atoms with Gasteiger partial charge in [-0.1, -0.05) is 11.8 Å². The van der Waals surface area contributed by atoms with Crippen LogP contribution in [-0.4, -0.2) is 42.1 Å². The topological polar surface area (TPSA) is 47.9 Å². The second-order valence-electron chi connectivity index (χ2n) is 3.64. The van der Waals surface area contributed by atoms with Gasteiger partial charge in [-0.25, -0.2) is 4.99 Å². The Balaban J connectivity index is 2.17. The summed E-state index contributed by atoms with van der Waals surface area (Å²) in [5, 5.41) is 0.859. The summed E-state index contributed by atoms with van der Waals surface area (Å²) < 4.78 is 11.1. The molecule has 0 saturated carbocycles. The maximum atomic E-state index is 11.1. The van der Waals surface area contributed by atoms with Gasteiger partial charge in [0.1, 0.15) is 10.6 Å². The Morgan fingerprint density at radius 2 is 2.27 bits per heavy atom. The number of carbonyl (C=O) groups is 1. The lowest BCUT2D eigenvalue weighted by Gasteiger charge is -2.36. The summed E-state index contributed by atoms with van der Waals surface area (Å²) in [6, 6.07) is 0. The van der Waals surface area contributed by atoms with Gasteiger partial charge in [-0.05, 0) is 6.92 Å². The van der Waals surface area contributed by atoms with Gasteiger partial charge in [-0.2, -0.15) is 0 Å². The van der Waals surface area contributed by atoms with E-state index in [1.807, 2.05) is 6.92 Å². The van der Waals surface area contributed by atoms with Crippen molar-refractivity contribution in [2.24, 2.45) is 4.99 Å². The van der Waals surface area contributed by atoms with Crippen molar-refractivity contribution in [3.63, 3.8) is 0 Å². The minimum Gasteiger partial charge on any atom is -0.381 e. The highest BCUT2D eigenvalue weighted by Crippen LogP contribution is 2.34. The van der Waals surface area contributed by atoms with Crippen LogP contribution in [0.2, 0.25) is 0 Å². The summed E-state index contributed by atoms with van der Waals surface area (Å²) in [7, 11) is 0. The normalized spacial score (nSPS) is 25.4. The first-order valence-electron chi connectivity index (χ1n) is 5.23. The van der Waals surface area contributed by atoms with Gasteiger partial charge in [-0.3, -0.25) is 4.79 Å². The molecule has 5 heteroatoms. The van der Waals surface area contributed by atoms with Crippen LogP contribution in [0.1, 0.15) is 19.8 Å². The molecule has 0 bridgehead atoms. The smallest absolute Gasteiger partial charge is 0.256 e. The van der Waals surface area contributed by atoms with Crippen molar-refractivity contribution in [3.8, 4) is 0 Å². The van der Waals surface area contributed by atoms with Crippen molar-refractivity contribution < 1.29 is 14.3 Å². The van der Waals surface area contributed by atoms with Crippen LogP contribution < -0.4 is 0 Å². The second-order valence-corrected chi connectivity index (χ2v) is 4.60. The van der Waals surface area contributed by atoms with Crippen molar-refractivity contribution in [1.82, 2.24) is 0 Å². The molecule has 2 aliphatic heterocycles. The molecule has 0 aromatic carbocycles. The van der Waals surface area contributed by atoms with Gasteiger partial charge in [0, 0.05) is 32.7 Å². The van der Waals surface area contributed by atoms with Gasteiger partial charge in [0.25, 0.3) is 5.91 Å². The van der Waals surface area contributed by atoms with Crippen LogP contribution in [0.5, 0.6) is 0 Å². The van der Waals surface area contributed by atoms with Crippen LogP contribution in [-0.2, 0) is 14.3 Å². The molecule has 0 N–H and O–H groups in total. The van der Waals surface area contributed by atoms with E-state index >= 15 is 0 Å². The molecule has 0 spiro atoms. The quantitative estimate of drug-likeness (QED) is 0.730. The van der Waals surface area contributed by atoms with Gasteiger partial charge in [0.15, 0.2) is 0 Å². The summed E-state index contributed by atoms with van der Waals surface area (Å²) in [6.45, 7) is 3.99. The third kappa shape index (κ3) is 2.24. The first-order valence-corrected chi connectivity index (χ1v) is 6.22. The standard InChI is InChI=1S/C10H15NO3S/c1-2-14-10(3-5-13-6-4-10)9-11-8(12)7-15-9/h2-7H2,1H3. The van der Waals surface area contributed by atoms with Crippen molar-refractivity contribution in [2.45, 2.75) is 25.4 Å². The second kappa shape index (κ2) is 4.63. The molecule has 0 radical (unpaired) electrons. The molecule has 1 amide bonds. The number of thioether (sulfide) groups is 1. The molecule has 84 valence electrons. The van der Waals surface area contributed by atoms with Crippen LogP contribution in [0.15, 0.2) is 4.99 Å². The Bertz CT molecular complexity index is 279. The number of ether oxygens (including phenoxy) is 2. The molecular formula is C10H15NO3S. The van der Waals surface area contributed by atoms with Crippen LogP contribution in [0, 0.1) is 0 Å². The molecule has 0 aromatic rings. The molecule has 0 unspecified atom stereocenters. The number of aliphatic imine (C=N–C) groups is 1. The molecule has 0 aliphatic carbocycles. The average Bonchev–Trinajstić information content (AvgIpc) is 2.67. The first-order chi connectivity index (χ1) is 7.27. The molecule has 0 atom stereocenters. The van der Waals surface area contributed by atoms with E-state index in [1.165, 1.54) is 11.8 Å². The summed E-state index contributed by atoms with van der Waals surface area (Å²) in [5.41, 5.74) is -0.343. The van der Waals surface area contributed by atoms with E-state index in [0.717, 1.165) is 17.9 Å². The summed E-state index contributed by atoms with van der Waals surface area (Å²) in [6.07, 6.45) is 1.61. The fraction of sp³-hybridized carbons (Fsp3) is 0.800. The maximum Gasteiger partial charge on any atom is 0.256 e. The van der Waals surface area contributed by atoms with Crippen LogP contribution in [0.25, 0.3) is 0 Å². The van der Waals surface area contributed by atoms with Crippen molar-refractivity contribution >= 4 is 22.7 Å². The molecular weight excluding hydrogens is 214 g/mol. The highest BCUT2D eigenvalue weighted by Gasteiger charge is 2.41. The molecule has 4 nitrogen and oxygen atoms in total. The Hall–Kier alpha value is -0.390. The van der Waals surface area contributed by atoms with E-state index in [2.05, 4.69) is 4.99 Å². The number of hydrogen-bond donors (Lipinski definition) is 0. The van der Waals surface area contributed by atoms with Gasteiger partial charge < -0.3 is 9.47 Å². The van der Waals surface area contributed by atoms with Gasteiger partial charge in [0.2, 0.25) is 0 Å². The maximum absolute atomic E-state index is 11.1. The number of rotatable bonds is 3. The van der Waals surface area contributed by atoms with Crippen LogP contribution in [0.4, 0.5) is 0 Å². The molecule has 1 fully saturated rings. The van der Waals surface area contributed by atoms with Crippen LogP contribution in [0.3, 0.4) is 0 Å². The summed E-state index contributed by atoms with van der Waals surface area (Å²) >= 11 is 1.52. The largest absolute Gasteiger partial charge is 0.381 e. The fourth-order valence-electron chi connectivity index (χ4n) is 1.94. The molecule has 2 aliphatic rings. The van der Waals surface area contributed by atoms with Gasteiger partial charge in [0.05, 0.1) is 5.75 Å². The molecule has 1 saturated heterocycles. The highest BCUT2D eigenvalue weighted by molar-refractivity contribution is 8.15. The summed E-state index contributed by atoms with van der Waals surface area (Å²) in [4.78, 5) is 15.2. The fourth-order valence-corrected chi connectivity index (χ4v) is 2.96. The zero-order valence-electron chi connectivity index (χ0n) is 8.82. The Kier molecular flexibility index (Phi) is 3.43. The minimum atomic E-state index is -0.343. The third-order valence-corrected chi connectivity index (χ3v) is 3.80. The molecule has 15 heavy (non-hydrogen) atoms. The van der Waals surface area contributed by atoms with E-state index in [9.17, 15) is 4.79 Å². The number of carbonyl (C=O) groups excluding carboxylic acids is 1. The molecule has 2 rings (SSSR count). The lowest BCUT2D eigenvalue weighted by molar-refractivity contribution is -0.115. The minimum absolute atomic E-state index is 0.0411. The van der Waals surface area contributed by atoms with Crippen LogP contribution >= 0.6 is 11.8 Å². The third-order valence-electron chi connectivity index (χ3n) is 2.67. The van der Waals surface area contributed by atoms with E-state index < -0.39 is 0 Å². The SMILES string of the molecule is CCOC1(C2=NC(=O)CS2)CCOCC1. The lowest BCUT2D eigenvalue weighted by atomic mass is 9.95. The van der Waals surface area contributed by atoms with E-state index in [4.69, 9.17) is 9.47 Å². The zero-order chi connectivity index (χ0) is 10.7. The van der Waals surface area contributed by atoms with E-state index in [1.54, 1.807) is 0 Å². The molecule has 0 aromatic heterocycles. The van der Waals surface area contributed by atoms with E-state index in [0.29, 0.717) is 25.6 Å². The van der Waals surface area contributed by atoms with Crippen molar-refractivity contribution in [1.29, 1.82) is 0 Å². The average molecular weight is 229 g/mol. The number of nitrogens with zero attached hydrogens (tertiary/aromatic N) is 1. The van der Waals surface area contributed by atoms with Crippen molar-refractivity contribution in [3.05, 3.63) is 0 Å². The van der Waals surface area contributed by atoms with Gasteiger partial charge in [-0.15, -0.1) is 0 Å². The Labute approximate surface area is 93.4 Å². The van der Waals surface area contributed by atoms with Crippen molar-refractivity contribution in [2.75, 3.05) is 25.6 Å². The number of hydrogen-bond acceptors (Lipinski definition) is 4. The first kappa shape index (κ1) is 11.1. The van der Waals surface area contributed by atoms with E-state index in [-0.39, 0.29) is 11.5 Å². The highest BCUT2D eigenvalue weighted by atomic mass is 32.2. The Morgan fingerprint density at radius 1 is 1.53 bits per heavy atom. The number of amides is 1. The Morgan fingerprint density at radius 3 is 2.80 bits per heavy atom. The zero-order valence-corrected chi connectivity index (χ0v) is 9.64. The lowest BCUT2D eigenvalue weighted by Crippen LogP contribution is -2.44. The predicted molar refractivity (Wildman–Crippen MR) is 59.3 cm³/mol. The predicted octanol–water partition coefficient (Wildman–Crippen LogP) is 1.24. The van der Waals surface area contributed by atoms with Gasteiger partial charge >= 0.3 is 0 Å². The monoisotopic (exact) mass is 229 g/mol.